The minimum absolute atomic E-state index is 0.449. The number of hydrogen-bond donors (Lipinski definition) is 1. The van der Waals surface area contributed by atoms with Crippen molar-refractivity contribution in [1.82, 2.24) is 9.97 Å². The van der Waals surface area contributed by atoms with Crippen LogP contribution in [0.2, 0.25) is 5.02 Å². The zero-order chi connectivity index (χ0) is 12.5. The van der Waals surface area contributed by atoms with Crippen LogP contribution in [-0.4, -0.2) is 36.3 Å². The average Bonchev–Trinajstić information content (AvgIpc) is 2.39. The second-order valence-electron chi connectivity index (χ2n) is 4.17. The van der Waals surface area contributed by atoms with E-state index in [0.29, 0.717) is 29.7 Å². The Balaban J connectivity index is 2.07. The first kappa shape index (κ1) is 11.5. The first-order valence-electron chi connectivity index (χ1n) is 5.79. The molecular formula is C12H13ClN4O. The van der Waals surface area contributed by atoms with Gasteiger partial charge in [0, 0.05) is 24.5 Å². The predicted molar refractivity (Wildman–Crippen MR) is 72.0 cm³/mol. The van der Waals surface area contributed by atoms with E-state index < -0.39 is 0 Å². The van der Waals surface area contributed by atoms with Crippen LogP contribution in [0.1, 0.15) is 0 Å². The van der Waals surface area contributed by atoms with Gasteiger partial charge >= 0.3 is 0 Å². The fourth-order valence-corrected chi connectivity index (χ4v) is 2.27. The number of nitrogen functional groups attached to an aromatic ring is 1. The SMILES string of the molecule is Nc1ccc2c(Cl)cc(N3CCOCC3)nc2n1. The summed E-state index contributed by atoms with van der Waals surface area (Å²) in [7, 11) is 0. The number of hydrogen-bond acceptors (Lipinski definition) is 5. The quantitative estimate of drug-likeness (QED) is 0.849. The van der Waals surface area contributed by atoms with Crippen molar-refractivity contribution < 1.29 is 4.74 Å². The third kappa shape index (κ3) is 2.07. The predicted octanol–water partition coefficient (Wildman–Crippen LogP) is 1.70. The molecule has 2 aromatic heterocycles. The van der Waals surface area contributed by atoms with E-state index in [9.17, 15) is 0 Å². The second kappa shape index (κ2) is 4.59. The van der Waals surface area contributed by atoms with Gasteiger partial charge in [0.05, 0.1) is 18.2 Å². The fraction of sp³-hybridized carbons (Fsp3) is 0.333. The van der Waals surface area contributed by atoms with Gasteiger partial charge in [-0.3, -0.25) is 0 Å². The molecule has 0 spiro atoms. The van der Waals surface area contributed by atoms with Crippen LogP contribution < -0.4 is 10.6 Å². The normalized spacial score (nSPS) is 16.2. The number of halogens is 1. The smallest absolute Gasteiger partial charge is 0.165 e. The molecule has 94 valence electrons. The van der Waals surface area contributed by atoms with Gasteiger partial charge in [-0.15, -0.1) is 0 Å². The lowest BCUT2D eigenvalue weighted by Crippen LogP contribution is -2.36. The van der Waals surface area contributed by atoms with Gasteiger partial charge in [-0.1, -0.05) is 11.6 Å². The van der Waals surface area contributed by atoms with Gasteiger partial charge in [-0.2, -0.15) is 0 Å². The monoisotopic (exact) mass is 264 g/mol. The molecule has 1 fully saturated rings. The van der Waals surface area contributed by atoms with Crippen LogP contribution in [0, 0.1) is 0 Å². The zero-order valence-corrected chi connectivity index (χ0v) is 10.5. The topological polar surface area (TPSA) is 64.3 Å². The molecule has 6 heteroatoms. The number of nitrogens with zero attached hydrogens (tertiary/aromatic N) is 3. The Kier molecular flexibility index (Phi) is 2.93. The molecule has 1 saturated heterocycles. The van der Waals surface area contributed by atoms with Crippen LogP contribution >= 0.6 is 11.6 Å². The molecule has 1 aliphatic heterocycles. The van der Waals surface area contributed by atoms with Crippen molar-refractivity contribution in [2.45, 2.75) is 0 Å². The highest BCUT2D eigenvalue weighted by Crippen LogP contribution is 2.26. The number of ether oxygens (including phenoxy) is 1. The molecule has 0 saturated carbocycles. The maximum atomic E-state index is 6.26. The van der Waals surface area contributed by atoms with Crippen LogP contribution in [0.25, 0.3) is 11.0 Å². The summed E-state index contributed by atoms with van der Waals surface area (Å²) in [6.45, 7) is 3.05. The van der Waals surface area contributed by atoms with Gasteiger partial charge in [0.2, 0.25) is 0 Å². The molecule has 18 heavy (non-hydrogen) atoms. The van der Waals surface area contributed by atoms with Gasteiger partial charge in [-0.25, -0.2) is 9.97 Å². The van der Waals surface area contributed by atoms with E-state index in [0.717, 1.165) is 24.3 Å². The molecule has 3 heterocycles. The van der Waals surface area contributed by atoms with E-state index in [-0.39, 0.29) is 0 Å². The van der Waals surface area contributed by atoms with Crippen LogP contribution in [0.5, 0.6) is 0 Å². The molecule has 0 aromatic carbocycles. The Morgan fingerprint density at radius 3 is 2.78 bits per heavy atom. The minimum Gasteiger partial charge on any atom is -0.384 e. The Hall–Kier alpha value is -1.59. The number of anilines is 2. The first-order chi connectivity index (χ1) is 8.74. The molecular weight excluding hydrogens is 252 g/mol. The highest BCUT2D eigenvalue weighted by molar-refractivity contribution is 6.35. The average molecular weight is 265 g/mol. The summed E-state index contributed by atoms with van der Waals surface area (Å²) in [5, 5.41) is 1.47. The molecule has 3 rings (SSSR count). The summed E-state index contributed by atoms with van der Waals surface area (Å²) >= 11 is 6.26. The zero-order valence-electron chi connectivity index (χ0n) is 9.77. The molecule has 0 aliphatic carbocycles. The van der Waals surface area contributed by atoms with Gasteiger partial charge in [0.1, 0.15) is 11.6 Å². The number of morpholine rings is 1. The molecule has 0 amide bonds. The van der Waals surface area contributed by atoms with Crippen molar-refractivity contribution >= 4 is 34.3 Å². The van der Waals surface area contributed by atoms with Crippen molar-refractivity contribution in [3.8, 4) is 0 Å². The van der Waals surface area contributed by atoms with Gasteiger partial charge in [0.15, 0.2) is 5.65 Å². The summed E-state index contributed by atoms with van der Waals surface area (Å²) in [4.78, 5) is 10.9. The van der Waals surface area contributed by atoms with E-state index in [2.05, 4.69) is 14.9 Å². The van der Waals surface area contributed by atoms with Crippen molar-refractivity contribution in [1.29, 1.82) is 0 Å². The maximum Gasteiger partial charge on any atom is 0.165 e. The Morgan fingerprint density at radius 1 is 1.22 bits per heavy atom. The van der Waals surface area contributed by atoms with E-state index in [4.69, 9.17) is 22.1 Å². The number of aromatic nitrogens is 2. The second-order valence-corrected chi connectivity index (χ2v) is 4.58. The number of fused-ring (bicyclic) bond motifs is 1. The number of nitrogens with two attached hydrogens (primary N) is 1. The molecule has 0 bridgehead atoms. The lowest BCUT2D eigenvalue weighted by molar-refractivity contribution is 0.122. The molecule has 0 radical (unpaired) electrons. The van der Waals surface area contributed by atoms with E-state index in [1.165, 1.54) is 0 Å². The number of pyridine rings is 2. The Bertz CT molecular complexity index is 584. The third-order valence-electron chi connectivity index (χ3n) is 2.97. The van der Waals surface area contributed by atoms with Crippen molar-refractivity contribution in [2.75, 3.05) is 36.9 Å². The van der Waals surface area contributed by atoms with Gasteiger partial charge in [-0.05, 0) is 12.1 Å². The van der Waals surface area contributed by atoms with Gasteiger partial charge in [0.25, 0.3) is 0 Å². The Morgan fingerprint density at radius 2 is 2.00 bits per heavy atom. The molecule has 5 nitrogen and oxygen atoms in total. The van der Waals surface area contributed by atoms with E-state index in [1.807, 2.05) is 12.1 Å². The summed E-state index contributed by atoms with van der Waals surface area (Å²) < 4.78 is 5.32. The van der Waals surface area contributed by atoms with E-state index >= 15 is 0 Å². The minimum atomic E-state index is 0.449. The summed E-state index contributed by atoms with van der Waals surface area (Å²) in [5.74, 6) is 1.28. The van der Waals surface area contributed by atoms with E-state index in [1.54, 1.807) is 6.07 Å². The van der Waals surface area contributed by atoms with Crippen molar-refractivity contribution in [3.63, 3.8) is 0 Å². The highest BCUT2D eigenvalue weighted by atomic mass is 35.5. The third-order valence-corrected chi connectivity index (χ3v) is 3.28. The first-order valence-corrected chi connectivity index (χ1v) is 6.17. The molecule has 0 unspecified atom stereocenters. The van der Waals surface area contributed by atoms with Crippen molar-refractivity contribution in [2.24, 2.45) is 0 Å². The maximum absolute atomic E-state index is 6.26. The summed E-state index contributed by atoms with van der Waals surface area (Å²) in [6, 6.07) is 5.44. The Labute approximate surface area is 110 Å². The lowest BCUT2D eigenvalue weighted by Gasteiger charge is -2.28. The molecule has 2 N–H and O–H groups in total. The van der Waals surface area contributed by atoms with Crippen LogP contribution in [-0.2, 0) is 4.74 Å². The molecule has 2 aromatic rings. The summed E-state index contributed by atoms with van der Waals surface area (Å²) in [6.07, 6.45) is 0. The lowest BCUT2D eigenvalue weighted by atomic mass is 10.2. The van der Waals surface area contributed by atoms with Gasteiger partial charge < -0.3 is 15.4 Å². The largest absolute Gasteiger partial charge is 0.384 e. The molecule has 1 aliphatic rings. The standard InChI is InChI=1S/C12H13ClN4O/c13-9-7-11(17-3-5-18-6-4-17)16-12-8(9)1-2-10(14)15-12/h1-2,7H,3-6H2,(H2,14,15,16). The van der Waals surface area contributed by atoms with Crippen LogP contribution in [0.15, 0.2) is 18.2 Å². The molecule has 0 atom stereocenters. The fourth-order valence-electron chi connectivity index (χ4n) is 2.02. The van der Waals surface area contributed by atoms with Crippen LogP contribution in [0.4, 0.5) is 11.6 Å². The highest BCUT2D eigenvalue weighted by Gasteiger charge is 2.14. The van der Waals surface area contributed by atoms with Crippen LogP contribution in [0.3, 0.4) is 0 Å². The summed E-state index contributed by atoms with van der Waals surface area (Å²) in [5.41, 5.74) is 6.26. The number of rotatable bonds is 1. The van der Waals surface area contributed by atoms with Crippen molar-refractivity contribution in [3.05, 3.63) is 23.2 Å².